The predicted molar refractivity (Wildman–Crippen MR) is 58.6 cm³/mol. The van der Waals surface area contributed by atoms with Gasteiger partial charge >= 0.3 is 0 Å². The molecule has 0 spiro atoms. The zero-order chi connectivity index (χ0) is 8.72. The first-order chi connectivity index (χ1) is 5.74. The number of hydrogen-bond donors (Lipinski definition) is 0. The number of rotatable bonds is 1. The Balaban J connectivity index is 2.80. The van der Waals surface area contributed by atoms with Gasteiger partial charge in [0.15, 0.2) is 0 Å². The van der Waals surface area contributed by atoms with Gasteiger partial charge in [0.05, 0.1) is 4.01 Å². The standard InChI is InChI=1S/C10H12S2/c1-4-8-7(3)9-6(2)5-11-10(9)12-8/h5H,4H2,1-3H3. The molecule has 2 aromatic rings. The van der Waals surface area contributed by atoms with Crippen molar-refractivity contribution in [3.8, 4) is 0 Å². The van der Waals surface area contributed by atoms with Gasteiger partial charge in [-0.25, -0.2) is 0 Å². The highest BCUT2D eigenvalue weighted by atomic mass is 32.2. The lowest BCUT2D eigenvalue weighted by atomic mass is 10.1. The minimum atomic E-state index is 1.18. The summed E-state index contributed by atoms with van der Waals surface area (Å²) in [6, 6.07) is 0. The lowest BCUT2D eigenvalue weighted by Crippen LogP contribution is -1.76. The maximum atomic E-state index is 2.26. The second kappa shape index (κ2) is 2.86. The predicted octanol–water partition coefficient (Wildman–Crippen LogP) is 4.14. The molecule has 0 atom stereocenters. The van der Waals surface area contributed by atoms with Crippen LogP contribution in [0.3, 0.4) is 0 Å². The highest BCUT2D eigenvalue weighted by molar-refractivity contribution is 7.37. The van der Waals surface area contributed by atoms with Gasteiger partial charge in [0.2, 0.25) is 0 Å². The van der Waals surface area contributed by atoms with Crippen LogP contribution in [0.25, 0.3) is 9.40 Å². The summed E-state index contributed by atoms with van der Waals surface area (Å²) in [5.41, 5.74) is 2.96. The fraction of sp³-hybridized carbons (Fsp3) is 0.400. The fourth-order valence-electron chi connectivity index (χ4n) is 1.61. The van der Waals surface area contributed by atoms with Crippen molar-refractivity contribution in [2.45, 2.75) is 27.2 Å². The average molecular weight is 196 g/mol. The smallest absolute Gasteiger partial charge is 0.0873 e. The highest BCUT2D eigenvalue weighted by Crippen LogP contribution is 2.37. The molecule has 0 aliphatic rings. The van der Waals surface area contributed by atoms with Gasteiger partial charge in [-0.3, -0.25) is 0 Å². The molecule has 0 saturated heterocycles. The first kappa shape index (κ1) is 8.27. The molecule has 0 fully saturated rings. The summed E-state index contributed by atoms with van der Waals surface area (Å²) in [5.74, 6) is 0. The Hall–Kier alpha value is -0.340. The Morgan fingerprint density at radius 3 is 2.67 bits per heavy atom. The van der Waals surface area contributed by atoms with Crippen LogP contribution in [0.4, 0.5) is 0 Å². The lowest BCUT2D eigenvalue weighted by Gasteiger charge is -1.92. The number of aryl methyl sites for hydroxylation is 3. The minimum absolute atomic E-state index is 1.18. The van der Waals surface area contributed by atoms with Crippen LogP contribution >= 0.6 is 22.7 Å². The zero-order valence-electron chi connectivity index (χ0n) is 7.60. The van der Waals surface area contributed by atoms with Gasteiger partial charge in [-0.2, -0.15) is 0 Å². The summed E-state index contributed by atoms with van der Waals surface area (Å²) in [6.45, 7) is 6.69. The van der Waals surface area contributed by atoms with Gasteiger partial charge in [0, 0.05) is 10.3 Å². The monoisotopic (exact) mass is 196 g/mol. The molecular weight excluding hydrogens is 184 g/mol. The quantitative estimate of drug-likeness (QED) is 0.643. The summed E-state index contributed by atoms with van der Waals surface area (Å²) >= 11 is 3.85. The molecule has 12 heavy (non-hydrogen) atoms. The van der Waals surface area contributed by atoms with E-state index in [1.807, 2.05) is 22.7 Å². The van der Waals surface area contributed by atoms with Crippen LogP contribution in [0.2, 0.25) is 0 Å². The molecule has 0 aliphatic carbocycles. The van der Waals surface area contributed by atoms with E-state index >= 15 is 0 Å². The Morgan fingerprint density at radius 2 is 2.08 bits per heavy atom. The summed E-state index contributed by atoms with van der Waals surface area (Å²) in [6.07, 6.45) is 1.18. The molecule has 0 N–H and O–H groups in total. The van der Waals surface area contributed by atoms with Crippen LogP contribution in [-0.4, -0.2) is 0 Å². The van der Waals surface area contributed by atoms with E-state index in [1.54, 1.807) is 4.88 Å². The minimum Gasteiger partial charge on any atom is -0.133 e. The van der Waals surface area contributed by atoms with E-state index in [9.17, 15) is 0 Å². The van der Waals surface area contributed by atoms with Gasteiger partial charge in [0.25, 0.3) is 0 Å². The Labute approximate surface area is 80.9 Å². The second-order valence-corrected chi connectivity index (χ2v) is 5.33. The Morgan fingerprint density at radius 1 is 1.33 bits per heavy atom. The fourth-order valence-corrected chi connectivity index (χ4v) is 4.12. The maximum Gasteiger partial charge on any atom is 0.0873 e. The molecule has 64 valence electrons. The third-order valence-corrected chi connectivity index (χ3v) is 4.93. The summed E-state index contributed by atoms with van der Waals surface area (Å²) < 4.78 is 1.50. The van der Waals surface area contributed by atoms with Crippen molar-refractivity contribution < 1.29 is 0 Å². The number of thiophene rings is 2. The van der Waals surface area contributed by atoms with Crippen molar-refractivity contribution in [3.05, 3.63) is 21.4 Å². The maximum absolute atomic E-state index is 2.26. The average Bonchev–Trinajstić information content (AvgIpc) is 2.55. The molecule has 0 nitrogen and oxygen atoms in total. The van der Waals surface area contributed by atoms with E-state index in [0.29, 0.717) is 0 Å². The van der Waals surface area contributed by atoms with Crippen molar-refractivity contribution in [1.29, 1.82) is 0 Å². The second-order valence-electron chi connectivity index (χ2n) is 3.08. The largest absolute Gasteiger partial charge is 0.133 e. The van der Waals surface area contributed by atoms with Crippen LogP contribution in [0, 0.1) is 13.8 Å². The first-order valence-electron chi connectivity index (χ1n) is 4.20. The van der Waals surface area contributed by atoms with Crippen LogP contribution in [-0.2, 0) is 6.42 Å². The van der Waals surface area contributed by atoms with Crippen molar-refractivity contribution in [2.24, 2.45) is 0 Å². The van der Waals surface area contributed by atoms with Crippen LogP contribution in [0.15, 0.2) is 5.38 Å². The van der Waals surface area contributed by atoms with E-state index < -0.39 is 0 Å². The van der Waals surface area contributed by atoms with Gasteiger partial charge < -0.3 is 0 Å². The first-order valence-corrected chi connectivity index (χ1v) is 5.89. The molecule has 0 radical (unpaired) electrons. The van der Waals surface area contributed by atoms with Crippen molar-refractivity contribution in [2.75, 3.05) is 0 Å². The molecule has 0 aliphatic heterocycles. The van der Waals surface area contributed by atoms with Gasteiger partial charge in [-0.05, 0) is 36.8 Å². The third kappa shape index (κ3) is 1.02. The third-order valence-electron chi connectivity index (χ3n) is 2.27. The molecular formula is C10H12S2. The number of hydrogen-bond acceptors (Lipinski definition) is 2. The number of fused-ring (bicyclic) bond motifs is 1. The van der Waals surface area contributed by atoms with Gasteiger partial charge in [0.1, 0.15) is 0 Å². The normalized spacial score (nSPS) is 11.2. The van der Waals surface area contributed by atoms with Crippen LogP contribution in [0.1, 0.15) is 22.9 Å². The van der Waals surface area contributed by atoms with E-state index in [1.165, 1.54) is 26.9 Å². The zero-order valence-corrected chi connectivity index (χ0v) is 9.23. The summed E-state index contributed by atoms with van der Waals surface area (Å²) in [4.78, 5) is 1.56. The highest BCUT2D eigenvalue weighted by Gasteiger charge is 2.09. The Kier molecular flexibility index (Phi) is 1.97. The van der Waals surface area contributed by atoms with E-state index in [4.69, 9.17) is 0 Å². The molecule has 0 unspecified atom stereocenters. The van der Waals surface area contributed by atoms with Crippen molar-refractivity contribution in [3.63, 3.8) is 0 Å². The van der Waals surface area contributed by atoms with E-state index in [2.05, 4.69) is 26.2 Å². The van der Waals surface area contributed by atoms with Gasteiger partial charge in [-0.15, -0.1) is 22.7 Å². The van der Waals surface area contributed by atoms with Gasteiger partial charge in [-0.1, -0.05) is 6.92 Å². The molecule has 0 saturated carbocycles. The van der Waals surface area contributed by atoms with Crippen molar-refractivity contribution in [1.82, 2.24) is 0 Å². The molecule has 2 rings (SSSR count). The SMILES string of the molecule is CCc1sc2scc(C)c2c1C. The summed E-state index contributed by atoms with van der Waals surface area (Å²) in [7, 11) is 0. The topological polar surface area (TPSA) is 0 Å². The molecule has 2 heterocycles. The van der Waals surface area contributed by atoms with Crippen molar-refractivity contribution >= 4 is 32.1 Å². The van der Waals surface area contributed by atoms with E-state index in [-0.39, 0.29) is 0 Å². The summed E-state index contributed by atoms with van der Waals surface area (Å²) in [5, 5.41) is 3.77. The molecule has 0 bridgehead atoms. The Bertz CT molecular complexity index is 407. The molecule has 0 aromatic carbocycles. The lowest BCUT2D eigenvalue weighted by molar-refractivity contribution is 1.16. The van der Waals surface area contributed by atoms with E-state index in [0.717, 1.165) is 0 Å². The molecule has 2 aromatic heterocycles. The molecule has 0 amide bonds. The van der Waals surface area contributed by atoms with Crippen LogP contribution < -0.4 is 0 Å². The van der Waals surface area contributed by atoms with Crippen LogP contribution in [0.5, 0.6) is 0 Å². The molecule has 2 heteroatoms.